The molecule has 4 aromatic rings. The lowest BCUT2D eigenvalue weighted by atomic mass is 9.97. The summed E-state index contributed by atoms with van der Waals surface area (Å²) >= 11 is 0. The topological polar surface area (TPSA) is 106 Å². The first kappa shape index (κ1) is 20.7. The maximum Gasteiger partial charge on any atom is 0.269 e. The second kappa shape index (κ2) is 7.96. The highest BCUT2D eigenvalue weighted by atomic mass is 32.2. The van der Waals surface area contributed by atoms with Gasteiger partial charge in [0.05, 0.1) is 15.6 Å². The summed E-state index contributed by atoms with van der Waals surface area (Å²) in [7, 11) is -3.60. The Morgan fingerprint density at radius 1 is 1.03 bits per heavy atom. The summed E-state index contributed by atoms with van der Waals surface area (Å²) in [6.45, 7) is 4.09. The quantitative estimate of drug-likeness (QED) is 0.347. The van der Waals surface area contributed by atoms with Crippen molar-refractivity contribution in [1.29, 1.82) is 0 Å². The van der Waals surface area contributed by atoms with Crippen LogP contribution >= 0.6 is 0 Å². The molecule has 2 aromatic carbocycles. The van der Waals surface area contributed by atoms with Crippen molar-refractivity contribution in [3.8, 4) is 11.1 Å². The molecule has 0 amide bonds. The van der Waals surface area contributed by atoms with Gasteiger partial charge in [0, 0.05) is 29.9 Å². The average Bonchev–Trinajstić information content (AvgIpc) is 3.15. The number of aromatic amines is 1. The minimum absolute atomic E-state index is 0.0746. The molecule has 0 fully saturated rings. The molecule has 0 spiro atoms. The fourth-order valence-corrected chi connectivity index (χ4v) is 5.10. The lowest BCUT2D eigenvalue weighted by Gasteiger charge is -2.09. The van der Waals surface area contributed by atoms with Gasteiger partial charge in [-0.15, -0.1) is 0 Å². The van der Waals surface area contributed by atoms with Crippen molar-refractivity contribution >= 4 is 26.6 Å². The molecule has 8 heteroatoms. The van der Waals surface area contributed by atoms with E-state index in [4.69, 9.17) is 0 Å². The first-order chi connectivity index (χ1) is 14.7. The predicted octanol–water partition coefficient (Wildman–Crippen LogP) is 4.77. The summed E-state index contributed by atoms with van der Waals surface area (Å²) in [5.41, 5.74) is 5.79. The van der Waals surface area contributed by atoms with E-state index in [2.05, 4.69) is 28.2 Å². The van der Waals surface area contributed by atoms with E-state index < -0.39 is 14.8 Å². The van der Waals surface area contributed by atoms with Crippen LogP contribution in [0.2, 0.25) is 0 Å². The van der Waals surface area contributed by atoms with Gasteiger partial charge in [0.2, 0.25) is 0 Å². The second-order valence-corrected chi connectivity index (χ2v) is 9.70. The number of rotatable bonds is 6. The minimum atomic E-state index is -3.60. The van der Waals surface area contributed by atoms with E-state index in [1.165, 1.54) is 24.3 Å². The van der Waals surface area contributed by atoms with Crippen LogP contribution in [0.15, 0.2) is 65.8 Å². The zero-order valence-corrected chi connectivity index (χ0v) is 17.9. The largest absolute Gasteiger partial charge is 0.346 e. The number of non-ortho nitro benzene ring substituents is 1. The van der Waals surface area contributed by atoms with Gasteiger partial charge in [-0.1, -0.05) is 29.3 Å². The molecular formula is C23H21N3O4S. The second-order valence-electron chi connectivity index (χ2n) is 7.59. The molecule has 0 unspecified atom stereocenters. The van der Waals surface area contributed by atoms with Crippen LogP contribution in [0, 0.1) is 24.0 Å². The molecule has 31 heavy (non-hydrogen) atoms. The van der Waals surface area contributed by atoms with Gasteiger partial charge >= 0.3 is 0 Å². The van der Waals surface area contributed by atoms with Crippen molar-refractivity contribution in [1.82, 2.24) is 9.97 Å². The SMILES string of the molecule is Cc1cc(C)cc(-c2ccnc3[nH]cc(CCS(=O)(=O)c4ccc([N+](=O)[O-])cc4)c23)c1. The van der Waals surface area contributed by atoms with Gasteiger partial charge in [-0.05, 0) is 55.2 Å². The van der Waals surface area contributed by atoms with Gasteiger partial charge in [0.25, 0.3) is 5.69 Å². The van der Waals surface area contributed by atoms with Crippen LogP contribution in [0.3, 0.4) is 0 Å². The molecule has 4 rings (SSSR count). The number of nitro benzene ring substituents is 1. The predicted molar refractivity (Wildman–Crippen MR) is 120 cm³/mol. The number of H-pyrrole nitrogens is 1. The average molecular weight is 436 g/mol. The maximum atomic E-state index is 12.8. The van der Waals surface area contributed by atoms with Crippen molar-refractivity contribution < 1.29 is 13.3 Å². The van der Waals surface area contributed by atoms with Crippen LogP contribution < -0.4 is 0 Å². The summed E-state index contributed by atoms with van der Waals surface area (Å²) in [6, 6.07) is 13.2. The number of sulfone groups is 1. The van der Waals surface area contributed by atoms with Crippen LogP contribution in [0.25, 0.3) is 22.2 Å². The monoisotopic (exact) mass is 435 g/mol. The van der Waals surface area contributed by atoms with E-state index in [1.807, 2.05) is 19.9 Å². The normalized spacial score (nSPS) is 11.7. The van der Waals surface area contributed by atoms with E-state index in [0.29, 0.717) is 12.1 Å². The van der Waals surface area contributed by atoms with Crippen molar-refractivity contribution in [2.45, 2.75) is 25.2 Å². The molecule has 0 bridgehead atoms. The number of nitro groups is 1. The van der Waals surface area contributed by atoms with Crippen LogP contribution in [0.4, 0.5) is 5.69 Å². The fourth-order valence-electron chi connectivity index (χ4n) is 3.83. The number of hydrogen-bond acceptors (Lipinski definition) is 5. The number of hydrogen-bond donors (Lipinski definition) is 1. The van der Waals surface area contributed by atoms with Gasteiger partial charge in [-0.25, -0.2) is 13.4 Å². The lowest BCUT2D eigenvalue weighted by Crippen LogP contribution is -2.09. The Kier molecular flexibility index (Phi) is 5.32. The number of nitrogens with zero attached hydrogens (tertiary/aromatic N) is 2. The smallest absolute Gasteiger partial charge is 0.269 e. The number of nitrogens with one attached hydrogen (secondary N) is 1. The molecule has 7 nitrogen and oxygen atoms in total. The molecule has 0 aliphatic carbocycles. The summed E-state index contributed by atoms with van der Waals surface area (Å²) in [6.07, 6.45) is 3.83. The molecule has 0 radical (unpaired) electrons. The molecule has 158 valence electrons. The van der Waals surface area contributed by atoms with Crippen molar-refractivity contribution in [3.63, 3.8) is 0 Å². The van der Waals surface area contributed by atoms with Gasteiger partial charge in [0.15, 0.2) is 9.84 Å². The van der Waals surface area contributed by atoms with E-state index in [0.717, 1.165) is 33.2 Å². The van der Waals surface area contributed by atoms with E-state index in [1.54, 1.807) is 12.4 Å². The Balaban J connectivity index is 1.67. The van der Waals surface area contributed by atoms with Crippen LogP contribution in [0.1, 0.15) is 16.7 Å². The highest BCUT2D eigenvalue weighted by Crippen LogP contribution is 2.32. The van der Waals surface area contributed by atoms with Crippen molar-refractivity contribution in [3.05, 3.63) is 87.7 Å². The number of fused-ring (bicyclic) bond motifs is 1. The highest BCUT2D eigenvalue weighted by molar-refractivity contribution is 7.91. The van der Waals surface area contributed by atoms with Gasteiger partial charge in [0.1, 0.15) is 5.65 Å². The lowest BCUT2D eigenvalue weighted by molar-refractivity contribution is -0.384. The fraction of sp³-hybridized carbons (Fsp3) is 0.174. The van der Waals surface area contributed by atoms with Gasteiger partial charge in [-0.3, -0.25) is 10.1 Å². The summed E-state index contributed by atoms with van der Waals surface area (Å²) in [5, 5.41) is 11.7. The molecular weight excluding hydrogens is 414 g/mol. The number of benzene rings is 2. The zero-order valence-electron chi connectivity index (χ0n) is 17.1. The molecule has 2 aromatic heterocycles. The standard InChI is InChI=1S/C23H21N3O4S/c1-15-11-16(2)13-18(12-15)21-7-9-24-23-22(21)17(14-25-23)8-10-31(29,30)20-5-3-19(4-6-20)26(27)28/h3-7,9,11-14H,8,10H2,1-2H3,(H,24,25). The first-order valence-corrected chi connectivity index (χ1v) is 11.4. The maximum absolute atomic E-state index is 12.8. The minimum Gasteiger partial charge on any atom is -0.346 e. The first-order valence-electron chi connectivity index (χ1n) is 9.75. The highest BCUT2D eigenvalue weighted by Gasteiger charge is 2.19. The number of aryl methyl sites for hydroxylation is 3. The Morgan fingerprint density at radius 3 is 2.35 bits per heavy atom. The molecule has 0 saturated carbocycles. The molecule has 1 N–H and O–H groups in total. The van der Waals surface area contributed by atoms with Gasteiger partial charge in [-0.2, -0.15) is 0 Å². The van der Waals surface area contributed by atoms with Crippen LogP contribution in [0.5, 0.6) is 0 Å². The third-order valence-electron chi connectivity index (χ3n) is 5.23. The van der Waals surface area contributed by atoms with E-state index >= 15 is 0 Å². The summed E-state index contributed by atoms with van der Waals surface area (Å²) in [4.78, 5) is 17.9. The molecule has 0 aliphatic heterocycles. The molecule has 0 atom stereocenters. The third kappa shape index (κ3) is 4.20. The van der Waals surface area contributed by atoms with E-state index in [9.17, 15) is 18.5 Å². The van der Waals surface area contributed by atoms with E-state index in [-0.39, 0.29) is 16.3 Å². The Bertz CT molecular complexity index is 1370. The Hall–Kier alpha value is -3.52. The summed E-state index contributed by atoms with van der Waals surface area (Å²) in [5.74, 6) is -0.112. The Morgan fingerprint density at radius 2 is 1.71 bits per heavy atom. The zero-order chi connectivity index (χ0) is 22.2. The Labute approximate surface area is 179 Å². The number of aromatic nitrogens is 2. The summed E-state index contributed by atoms with van der Waals surface area (Å²) < 4.78 is 25.6. The van der Waals surface area contributed by atoms with Gasteiger partial charge < -0.3 is 4.98 Å². The van der Waals surface area contributed by atoms with Crippen molar-refractivity contribution in [2.75, 3.05) is 5.75 Å². The number of pyridine rings is 1. The van der Waals surface area contributed by atoms with Crippen molar-refractivity contribution in [2.24, 2.45) is 0 Å². The molecule has 0 aliphatic rings. The molecule has 2 heterocycles. The third-order valence-corrected chi connectivity index (χ3v) is 6.97. The van der Waals surface area contributed by atoms with Crippen LogP contribution in [-0.2, 0) is 16.3 Å². The van der Waals surface area contributed by atoms with Crippen LogP contribution in [-0.4, -0.2) is 29.1 Å². The molecule has 0 saturated heterocycles.